The van der Waals surface area contributed by atoms with Crippen LogP contribution >= 0.6 is 7.82 Å². The Hall–Kier alpha value is -1.51. The van der Waals surface area contributed by atoms with Gasteiger partial charge in [-0.2, -0.15) is 0 Å². The number of phosphoric acid groups is 1. The van der Waals surface area contributed by atoms with E-state index in [1.54, 1.807) is 0 Å². The smallest absolute Gasteiger partial charge is 0.463 e. The van der Waals surface area contributed by atoms with Crippen molar-refractivity contribution in [1.82, 2.24) is 5.32 Å². The molecule has 0 spiro atoms. The van der Waals surface area contributed by atoms with Gasteiger partial charge in [0.05, 0.1) is 13.2 Å². The van der Waals surface area contributed by atoms with Crippen molar-refractivity contribution in [3.63, 3.8) is 0 Å². The summed E-state index contributed by atoms with van der Waals surface area (Å²) >= 11 is 0. The molecule has 0 rings (SSSR count). The molecular weight excluding hydrogens is 509 g/mol. The van der Waals surface area contributed by atoms with Crippen LogP contribution in [0.3, 0.4) is 0 Å². The van der Waals surface area contributed by atoms with Gasteiger partial charge in [0.1, 0.15) is 12.7 Å². The molecule has 222 valence electrons. The minimum Gasteiger partial charge on any atom is -0.463 e. The number of hydrogen-bond donors (Lipinski definition) is 3. The molecule has 38 heavy (non-hydrogen) atoms. The summed E-state index contributed by atoms with van der Waals surface area (Å²) in [5.41, 5.74) is 0. The molecule has 1 amide bonds. The summed E-state index contributed by atoms with van der Waals surface area (Å²) in [6, 6.07) is 0. The van der Waals surface area contributed by atoms with E-state index in [0.717, 1.165) is 57.8 Å². The molecule has 0 radical (unpaired) electrons. The van der Waals surface area contributed by atoms with Gasteiger partial charge in [0.2, 0.25) is 5.91 Å². The van der Waals surface area contributed by atoms with E-state index in [0.29, 0.717) is 12.8 Å². The van der Waals surface area contributed by atoms with E-state index in [2.05, 4.69) is 36.5 Å². The molecule has 2 unspecified atom stereocenters. The standard InChI is InChI=1S/C28H52NO8P/c1-3-5-7-8-9-10-11-12-13-14-15-16-17-19-20-27(31)29-22-23-36-38(33,34)37-25-26(30)24-35-28(32)21-18-6-4-2/h8-9,11-12,26,30H,3-7,10,13-25H2,1-2H3,(H,29,31)(H,33,34)/b9-8-,12-11-. The number of aliphatic hydroxyl groups excluding tert-OH is 1. The maximum Gasteiger partial charge on any atom is 0.472 e. The monoisotopic (exact) mass is 561 g/mol. The zero-order valence-electron chi connectivity index (χ0n) is 23.6. The first-order valence-corrected chi connectivity index (χ1v) is 15.8. The molecule has 0 aliphatic carbocycles. The summed E-state index contributed by atoms with van der Waals surface area (Å²) in [7, 11) is -4.39. The summed E-state index contributed by atoms with van der Waals surface area (Å²) in [6.45, 7) is 3.25. The van der Waals surface area contributed by atoms with Crippen molar-refractivity contribution in [3.05, 3.63) is 24.3 Å². The van der Waals surface area contributed by atoms with E-state index >= 15 is 0 Å². The van der Waals surface area contributed by atoms with E-state index in [1.165, 1.54) is 19.3 Å². The third kappa shape index (κ3) is 26.1. The highest BCUT2D eigenvalue weighted by Gasteiger charge is 2.23. The van der Waals surface area contributed by atoms with Crippen LogP contribution in [0.5, 0.6) is 0 Å². The second kappa shape index (κ2) is 25.8. The maximum absolute atomic E-state index is 11.9. The predicted molar refractivity (Wildman–Crippen MR) is 151 cm³/mol. The Morgan fingerprint density at radius 1 is 0.816 bits per heavy atom. The fraction of sp³-hybridized carbons (Fsp3) is 0.786. The van der Waals surface area contributed by atoms with Gasteiger partial charge in [-0.15, -0.1) is 0 Å². The van der Waals surface area contributed by atoms with Crippen molar-refractivity contribution < 1.29 is 37.9 Å². The molecule has 3 N–H and O–H groups in total. The van der Waals surface area contributed by atoms with Gasteiger partial charge >= 0.3 is 13.8 Å². The van der Waals surface area contributed by atoms with Crippen molar-refractivity contribution >= 4 is 19.7 Å². The summed E-state index contributed by atoms with van der Waals surface area (Å²) < 4.78 is 26.3. The number of carbonyl (C=O) groups excluding carboxylic acids is 2. The molecule has 9 nitrogen and oxygen atoms in total. The molecule has 0 aromatic carbocycles. The number of unbranched alkanes of at least 4 members (excludes halogenated alkanes) is 9. The number of nitrogens with one attached hydrogen (secondary N) is 1. The third-order valence-electron chi connectivity index (χ3n) is 5.63. The van der Waals surface area contributed by atoms with Gasteiger partial charge in [-0.1, -0.05) is 83.1 Å². The average Bonchev–Trinajstić information content (AvgIpc) is 2.89. The van der Waals surface area contributed by atoms with E-state index in [-0.39, 0.29) is 32.1 Å². The van der Waals surface area contributed by atoms with Gasteiger partial charge in [0.25, 0.3) is 0 Å². The van der Waals surface area contributed by atoms with Crippen LogP contribution in [0.15, 0.2) is 24.3 Å². The highest BCUT2D eigenvalue weighted by atomic mass is 31.2. The van der Waals surface area contributed by atoms with E-state index < -0.39 is 26.5 Å². The molecule has 0 saturated heterocycles. The molecule has 0 fully saturated rings. The molecule has 0 heterocycles. The van der Waals surface area contributed by atoms with Gasteiger partial charge < -0.3 is 20.1 Å². The minimum absolute atomic E-state index is 0.0742. The van der Waals surface area contributed by atoms with E-state index in [9.17, 15) is 24.2 Å². The van der Waals surface area contributed by atoms with E-state index in [1.807, 2.05) is 6.92 Å². The average molecular weight is 562 g/mol. The highest BCUT2D eigenvalue weighted by Crippen LogP contribution is 2.42. The number of allylic oxidation sites excluding steroid dienone is 4. The van der Waals surface area contributed by atoms with Crippen LogP contribution in [-0.4, -0.2) is 54.3 Å². The Labute approximate surface area is 230 Å². The van der Waals surface area contributed by atoms with Crippen molar-refractivity contribution in [2.45, 2.75) is 116 Å². The fourth-order valence-electron chi connectivity index (χ4n) is 3.39. The molecule has 10 heteroatoms. The number of carbonyl (C=O) groups is 2. The molecule has 0 bridgehead atoms. The largest absolute Gasteiger partial charge is 0.472 e. The van der Waals surface area contributed by atoms with Crippen LogP contribution in [0.1, 0.15) is 110 Å². The van der Waals surface area contributed by atoms with Crippen LogP contribution in [0, 0.1) is 0 Å². The quantitative estimate of drug-likeness (QED) is 0.0496. The predicted octanol–water partition coefficient (Wildman–Crippen LogP) is 6.14. The molecular formula is C28H52NO8P. The van der Waals surface area contributed by atoms with Gasteiger partial charge in [0, 0.05) is 19.4 Å². The van der Waals surface area contributed by atoms with Gasteiger partial charge in [-0.3, -0.25) is 18.6 Å². The molecule has 0 aliphatic heterocycles. The van der Waals surface area contributed by atoms with Crippen LogP contribution in [0.4, 0.5) is 0 Å². The van der Waals surface area contributed by atoms with Crippen molar-refractivity contribution in [2.75, 3.05) is 26.4 Å². The topological polar surface area (TPSA) is 131 Å². The second-order valence-corrected chi connectivity index (χ2v) is 10.8. The van der Waals surface area contributed by atoms with Gasteiger partial charge in [0.15, 0.2) is 0 Å². The zero-order chi connectivity index (χ0) is 28.3. The number of esters is 1. The first-order valence-electron chi connectivity index (χ1n) is 14.3. The first-order chi connectivity index (χ1) is 18.3. The molecule has 0 aliphatic rings. The lowest BCUT2D eigenvalue weighted by molar-refractivity contribution is -0.147. The summed E-state index contributed by atoms with van der Waals surface area (Å²) in [4.78, 5) is 33.1. The maximum atomic E-state index is 11.9. The molecule has 0 saturated carbocycles. The summed E-state index contributed by atoms with van der Waals surface area (Å²) in [6.07, 6.45) is 21.9. The molecule has 0 aromatic rings. The minimum atomic E-state index is -4.39. The van der Waals surface area contributed by atoms with Crippen molar-refractivity contribution in [3.8, 4) is 0 Å². The Balaban J connectivity index is 3.66. The normalized spacial score (nSPS) is 14.1. The zero-order valence-corrected chi connectivity index (χ0v) is 24.5. The number of phosphoric ester groups is 1. The molecule has 2 atom stereocenters. The van der Waals surface area contributed by atoms with Crippen molar-refractivity contribution in [1.29, 1.82) is 0 Å². The van der Waals surface area contributed by atoms with E-state index in [4.69, 9.17) is 13.8 Å². The Morgan fingerprint density at radius 2 is 1.45 bits per heavy atom. The first kappa shape index (κ1) is 36.5. The van der Waals surface area contributed by atoms with Crippen LogP contribution in [-0.2, 0) is 27.9 Å². The van der Waals surface area contributed by atoms with Gasteiger partial charge in [-0.05, 0) is 38.5 Å². The SMILES string of the molecule is CCCC/C=C\C/C=C\CCCCCCCC(=O)NCCOP(=O)(O)OCC(O)COC(=O)CCCCC. The fourth-order valence-corrected chi connectivity index (χ4v) is 4.15. The Kier molecular flexibility index (Phi) is 24.7. The number of aliphatic hydroxyl groups is 1. The number of hydrogen-bond acceptors (Lipinski definition) is 7. The lowest BCUT2D eigenvalue weighted by Gasteiger charge is -2.15. The highest BCUT2D eigenvalue weighted by molar-refractivity contribution is 7.47. The Morgan fingerprint density at radius 3 is 2.16 bits per heavy atom. The van der Waals surface area contributed by atoms with Crippen LogP contribution in [0.2, 0.25) is 0 Å². The van der Waals surface area contributed by atoms with Crippen LogP contribution in [0.25, 0.3) is 0 Å². The van der Waals surface area contributed by atoms with Gasteiger partial charge in [-0.25, -0.2) is 4.57 Å². The molecule has 0 aromatic heterocycles. The third-order valence-corrected chi connectivity index (χ3v) is 6.62. The number of rotatable bonds is 26. The summed E-state index contributed by atoms with van der Waals surface area (Å²) in [5, 5.41) is 12.4. The number of amides is 1. The lowest BCUT2D eigenvalue weighted by Crippen LogP contribution is -2.27. The Bertz CT molecular complexity index is 698. The van der Waals surface area contributed by atoms with Crippen molar-refractivity contribution in [2.24, 2.45) is 0 Å². The second-order valence-electron chi connectivity index (χ2n) is 9.37. The number of ether oxygens (including phenoxy) is 1. The summed E-state index contributed by atoms with van der Waals surface area (Å²) in [5.74, 6) is -0.561. The lowest BCUT2D eigenvalue weighted by atomic mass is 10.1. The van der Waals surface area contributed by atoms with Crippen LogP contribution < -0.4 is 5.32 Å².